The summed E-state index contributed by atoms with van der Waals surface area (Å²) in [6, 6.07) is 6.37. The monoisotopic (exact) mass is 261 g/mol. The van der Waals surface area contributed by atoms with E-state index < -0.39 is 4.92 Å². The van der Waals surface area contributed by atoms with Gasteiger partial charge in [0.25, 0.3) is 5.69 Å². The number of nitriles is 1. The van der Waals surface area contributed by atoms with E-state index in [1.165, 1.54) is 12.1 Å². The Bertz CT molecular complexity index is 512. The van der Waals surface area contributed by atoms with E-state index in [1.807, 2.05) is 6.07 Å². The van der Waals surface area contributed by atoms with Gasteiger partial charge in [0.05, 0.1) is 4.92 Å². The number of rotatable bonds is 4. The molecule has 0 fully saturated rings. The molecule has 0 heterocycles. The SMILES string of the molecule is CC(CNc1ccc([N+](=O)[O-])c(C#N)c1)C(C)(C)C. The minimum absolute atomic E-state index is 0.0819. The summed E-state index contributed by atoms with van der Waals surface area (Å²) in [5, 5.41) is 22.9. The Kier molecular flexibility index (Phi) is 4.49. The van der Waals surface area contributed by atoms with Crippen molar-refractivity contribution in [3.05, 3.63) is 33.9 Å². The fraction of sp³-hybridized carbons (Fsp3) is 0.500. The van der Waals surface area contributed by atoms with Gasteiger partial charge in [0.2, 0.25) is 0 Å². The first kappa shape index (κ1) is 15.0. The summed E-state index contributed by atoms with van der Waals surface area (Å²) in [6.45, 7) is 9.39. The Morgan fingerprint density at radius 1 is 1.47 bits per heavy atom. The zero-order chi connectivity index (χ0) is 14.6. The summed E-state index contributed by atoms with van der Waals surface area (Å²) in [6.07, 6.45) is 0. The van der Waals surface area contributed by atoms with Gasteiger partial charge in [-0.25, -0.2) is 0 Å². The van der Waals surface area contributed by atoms with Crippen molar-refractivity contribution >= 4 is 11.4 Å². The number of nitrogens with one attached hydrogen (secondary N) is 1. The lowest BCUT2D eigenvalue weighted by Gasteiger charge is -2.27. The van der Waals surface area contributed by atoms with Crippen LogP contribution in [0, 0.1) is 32.8 Å². The molecule has 1 atom stereocenters. The molecule has 0 aliphatic rings. The fourth-order valence-corrected chi connectivity index (χ4v) is 1.47. The first-order valence-corrected chi connectivity index (χ1v) is 6.18. The largest absolute Gasteiger partial charge is 0.385 e. The van der Waals surface area contributed by atoms with Crippen molar-refractivity contribution < 1.29 is 4.92 Å². The van der Waals surface area contributed by atoms with Gasteiger partial charge in [-0.3, -0.25) is 10.1 Å². The molecule has 0 radical (unpaired) electrons. The average molecular weight is 261 g/mol. The van der Waals surface area contributed by atoms with Crippen LogP contribution < -0.4 is 5.32 Å². The molecule has 1 rings (SSSR count). The van der Waals surface area contributed by atoms with Crippen molar-refractivity contribution in [2.24, 2.45) is 11.3 Å². The summed E-state index contributed by atoms with van der Waals surface area (Å²) in [4.78, 5) is 10.2. The molecular formula is C14H19N3O2. The van der Waals surface area contributed by atoms with E-state index >= 15 is 0 Å². The van der Waals surface area contributed by atoms with Crippen LogP contribution in [0.5, 0.6) is 0 Å². The molecule has 0 saturated carbocycles. The highest BCUT2D eigenvalue weighted by Gasteiger charge is 2.20. The van der Waals surface area contributed by atoms with Gasteiger partial charge in [0.1, 0.15) is 11.6 Å². The van der Waals surface area contributed by atoms with Gasteiger partial charge in [-0.1, -0.05) is 27.7 Å². The molecule has 19 heavy (non-hydrogen) atoms. The summed E-state index contributed by atoms with van der Waals surface area (Å²) < 4.78 is 0. The zero-order valence-electron chi connectivity index (χ0n) is 11.7. The van der Waals surface area contributed by atoms with Crippen LogP contribution in [0.4, 0.5) is 11.4 Å². The smallest absolute Gasteiger partial charge is 0.287 e. The van der Waals surface area contributed by atoms with E-state index in [-0.39, 0.29) is 16.7 Å². The highest BCUT2D eigenvalue weighted by molar-refractivity contribution is 5.58. The number of nitrogens with zero attached hydrogens (tertiary/aromatic N) is 2. The lowest BCUT2D eigenvalue weighted by molar-refractivity contribution is -0.385. The number of hydrogen-bond donors (Lipinski definition) is 1. The fourth-order valence-electron chi connectivity index (χ4n) is 1.47. The summed E-state index contributed by atoms with van der Waals surface area (Å²) in [7, 11) is 0. The van der Waals surface area contributed by atoms with Gasteiger partial charge in [-0.15, -0.1) is 0 Å². The van der Waals surface area contributed by atoms with Crippen molar-refractivity contribution in [1.29, 1.82) is 5.26 Å². The van der Waals surface area contributed by atoms with Crippen molar-refractivity contribution in [3.63, 3.8) is 0 Å². The average Bonchev–Trinajstić information content (AvgIpc) is 2.33. The molecule has 5 heteroatoms. The van der Waals surface area contributed by atoms with Crippen LogP contribution in [0.2, 0.25) is 0 Å². The van der Waals surface area contributed by atoms with E-state index in [0.29, 0.717) is 5.92 Å². The van der Waals surface area contributed by atoms with E-state index in [9.17, 15) is 10.1 Å². The Morgan fingerprint density at radius 3 is 2.58 bits per heavy atom. The van der Waals surface area contributed by atoms with Gasteiger partial charge in [0, 0.05) is 18.3 Å². The molecule has 1 N–H and O–H groups in total. The molecule has 1 aromatic carbocycles. The van der Waals surface area contributed by atoms with Crippen LogP contribution in [0.25, 0.3) is 0 Å². The molecule has 0 aliphatic carbocycles. The molecule has 0 amide bonds. The topological polar surface area (TPSA) is 79.0 Å². The maximum absolute atomic E-state index is 10.7. The number of hydrogen-bond acceptors (Lipinski definition) is 4. The second-order valence-electron chi connectivity index (χ2n) is 5.75. The number of nitro groups is 1. The van der Waals surface area contributed by atoms with E-state index in [4.69, 9.17) is 5.26 Å². The number of nitro benzene ring substituents is 1. The standard InChI is InChI=1S/C14H19N3O2/c1-10(14(2,3)4)9-16-12-5-6-13(17(18)19)11(7-12)8-15/h5-7,10,16H,9H2,1-4H3. The predicted molar refractivity (Wildman–Crippen MR) is 74.9 cm³/mol. The summed E-state index contributed by atoms with van der Waals surface area (Å²) >= 11 is 0. The Morgan fingerprint density at radius 2 is 2.11 bits per heavy atom. The zero-order valence-corrected chi connectivity index (χ0v) is 11.7. The molecular weight excluding hydrogens is 242 g/mol. The van der Waals surface area contributed by atoms with Crippen LogP contribution >= 0.6 is 0 Å². The van der Waals surface area contributed by atoms with Crippen LogP contribution in [-0.4, -0.2) is 11.5 Å². The van der Waals surface area contributed by atoms with E-state index in [2.05, 4.69) is 33.0 Å². The lowest BCUT2D eigenvalue weighted by Crippen LogP contribution is -2.24. The van der Waals surface area contributed by atoms with Crippen LogP contribution in [0.3, 0.4) is 0 Å². The maximum Gasteiger partial charge on any atom is 0.287 e. The number of benzene rings is 1. The van der Waals surface area contributed by atoms with Gasteiger partial charge in [-0.2, -0.15) is 5.26 Å². The predicted octanol–water partition coefficient (Wildman–Crippen LogP) is 3.56. The molecule has 1 aromatic rings. The third-order valence-electron chi connectivity index (χ3n) is 3.40. The van der Waals surface area contributed by atoms with Crippen LogP contribution in [0.15, 0.2) is 18.2 Å². The van der Waals surface area contributed by atoms with Gasteiger partial charge in [-0.05, 0) is 23.5 Å². The van der Waals surface area contributed by atoms with Gasteiger partial charge < -0.3 is 5.32 Å². The summed E-state index contributed by atoms with van der Waals surface area (Å²) in [5.41, 5.74) is 0.847. The number of anilines is 1. The quantitative estimate of drug-likeness (QED) is 0.663. The molecule has 1 unspecified atom stereocenters. The maximum atomic E-state index is 10.7. The third-order valence-corrected chi connectivity index (χ3v) is 3.40. The highest BCUT2D eigenvalue weighted by Crippen LogP contribution is 2.26. The van der Waals surface area contributed by atoms with Crippen molar-refractivity contribution in [2.75, 3.05) is 11.9 Å². The van der Waals surface area contributed by atoms with E-state index in [0.717, 1.165) is 12.2 Å². The molecule has 0 aromatic heterocycles. The molecule has 0 aliphatic heterocycles. The molecule has 0 saturated heterocycles. The Hall–Kier alpha value is -2.09. The van der Waals surface area contributed by atoms with Crippen LogP contribution in [-0.2, 0) is 0 Å². The lowest BCUT2D eigenvalue weighted by atomic mass is 9.82. The minimum atomic E-state index is -0.542. The minimum Gasteiger partial charge on any atom is -0.385 e. The normalized spacial score (nSPS) is 12.6. The van der Waals surface area contributed by atoms with Gasteiger partial charge in [0.15, 0.2) is 0 Å². The molecule has 0 bridgehead atoms. The van der Waals surface area contributed by atoms with Crippen molar-refractivity contribution in [2.45, 2.75) is 27.7 Å². The Balaban J connectivity index is 2.82. The summed E-state index contributed by atoms with van der Waals surface area (Å²) in [5.74, 6) is 0.438. The van der Waals surface area contributed by atoms with Gasteiger partial charge >= 0.3 is 0 Å². The molecule has 0 spiro atoms. The highest BCUT2D eigenvalue weighted by atomic mass is 16.6. The molecule has 102 valence electrons. The third kappa shape index (κ3) is 3.95. The first-order chi connectivity index (χ1) is 8.75. The first-order valence-electron chi connectivity index (χ1n) is 6.18. The molecule has 5 nitrogen and oxygen atoms in total. The van der Waals surface area contributed by atoms with Crippen molar-refractivity contribution in [3.8, 4) is 6.07 Å². The Labute approximate surface area is 113 Å². The second-order valence-corrected chi connectivity index (χ2v) is 5.75. The van der Waals surface area contributed by atoms with E-state index in [1.54, 1.807) is 6.07 Å². The second kappa shape index (κ2) is 5.70. The van der Waals surface area contributed by atoms with Crippen LogP contribution in [0.1, 0.15) is 33.3 Å². The van der Waals surface area contributed by atoms with Crippen molar-refractivity contribution in [1.82, 2.24) is 0 Å².